The number of rotatable bonds is 1. The van der Waals surface area contributed by atoms with Crippen LogP contribution in [0.1, 0.15) is 24.2 Å². The molecule has 2 heterocycles. The van der Waals surface area contributed by atoms with Crippen molar-refractivity contribution in [3.63, 3.8) is 0 Å². The lowest BCUT2D eigenvalue weighted by Gasteiger charge is -2.11. The summed E-state index contributed by atoms with van der Waals surface area (Å²) in [5.41, 5.74) is 0.245. The zero-order valence-corrected chi connectivity index (χ0v) is 12.2. The van der Waals surface area contributed by atoms with Crippen LogP contribution in [0, 0.1) is 5.82 Å². The molecule has 4 nitrogen and oxygen atoms in total. The molecule has 100 valence electrons. The SMILES string of the molecule is CC(Br)c1ccc2c3n(c(=O)nc2c1F)C[C@@H](C)N3. The van der Waals surface area contributed by atoms with E-state index in [2.05, 4.69) is 26.2 Å². The quantitative estimate of drug-likeness (QED) is 0.820. The van der Waals surface area contributed by atoms with Gasteiger partial charge >= 0.3 is 5.69 Å². The Hall–Kier alpha value is -1.43. The molecule has 2 atom stereocenters. The maximum atomic E-state index is 14.4. The number of alkyl halides is 1. The lowest BCUT2D eigenvalue weighted by atomic mass is 10.1. The average molecular weight is 326 g/mol. The minimum atomic E-state index is -0.427. The van der Waals surface area contributed by atoms with Crippen LogP contribution in [0.4, 0.5) is 10.2 Å². The highest BCUT2D eigenvalue weighted by Gasteiger charge is 2.23. The van der Waals surface area contributed by atoms with Crippen molar-refractivity contribution in [2.75, 3.05) is 5.32 Å². The molecule has 6 heteroatoms. The molecule has 19 heavy (non-hydrogen) atoms. The van der Waals surface area contributed by atoms with E-state index >= 15 is 0 Å². The van der Waals surface area contributed by atoms with E-state index in [-0.39, 0.29) is 16.4 Å². The molecule has 0 radical (unpaired) electrons. The first-order valence-electron chi connectivity index (χ1n) is 6.12. The molecule has 1 aliphatic rings. The summed E-state index contributed by atoms with van der Waals surface area (Å²) in [6.07, 6.45) is 0. The number of anilines is 1. The average Bonchev–Trinajstić information content (AvgIpc) is 2.73. The van der Waals surface area contributed by atoms with Crippen LogP contribution in [-0.2, 0) is 6.54 Å². The van der Waals surface area contributed by atoms with Crippen LogP contribution in [0.3, 0.4) is 0 Å². The van der Waals surface area contributed by atoms with Gasteiger partial charge in [0.25, 0.3) is 0 Å². The second-order valence-electron chi connectivity index (χ2n) is 4.88. The van der Waals surface area contributed by atoms with E-state index in [0.29, 0.717) is 23.3 Å². The summed E-state index contributed by atoms with van der Waals surface area (Å²) in [6.45, 7) is 4.38. The van der Waals surface area contributed by atoms with Crippen molar-refractivity contribution in [2.24, 2.45) is 0 Å². The van der Waals surface area contributed by atoms with E-state index in [1.807, 2.05) is 19.9 Å². The monoisotopic (exact) mass is 325 g/mol. The number of nitrogens with one attached hydrogen (secondary N) is 1. The van der Waals surface area contributed by atoms with E-state index in [0.717, 1.165) is 0 Å². The van der Waals surface area contributed by atoms with Gasteiger partial charge in [-0.15, -0.1) is 0 Å². The van der Waals surface area contributed by atoms with Crippen LogP contribution in [0.5, 0.6) is 0 Å². The molecule has 0 fully saturated rings. The zero-order valence-electron chi connectivity index (χ0n) is 10.6. The predicted molar refractivity (Wildman–Crippen MR) is 76.4 cm³/mol. The van der Waals surface area contributed by atoms with Crippen molar-refractivity contribution in [2.45, 2.75) is 31.3 Å². The summed E-state index contributed by atoms with van der Waals surface area (Å²) in [5.74, 6) is 0.235. The fraction of sp³-hybridized carbons (Fsp3) is 0.385. The summed E-state index contributed by atoms with van der Waals surface area (Å²) < 4.78 is 16.0. The second kappa shape index (κ2) is 4.30. The van der Waals surface area contributed by atoms with E-state index in [9.17, 15) is 9.18 Å². The number of nitrogens with zero attached hydrogens (tertiary/aromatic N) is 2. The summed E-state index contributed by atoms with van der Waals surface area (Å²) in [5, 5.41) is 3.85. The Bertz CT molecular complexity index is 726. The van der Waals surface area contributed by atoms with Gasteiger partial charge in [-0.25, -0.2) is 9.18 Å². The van der Waals surface area contributed by atoms with Crippen LogP contribution in [0.2, 0.25) is 0 Å². The van der Waals surface area contributed by atoms with Gasteiger partial charge in [0, 0.05) is 28.4 Å². The van der Waals surface area contributed by atoms with Crippen molar-refractivity contribution < 1.29 is 4.39 Å². The summed E-state index contributed by atoms with van der Waals surface area (Å²) in [7, 11) is 0. The van der Waals surface area contributed by atoms with Gasteiger partial charge in [-0.05, 0) is 19.9 Å². The predicted octanol–water partition coefficient (Wildman–Crippen LogP) is 2.81. The highest BCUT2D eigenvalue weighted by molar-refractivity contribution is 9.09. The minimum absolute atomic E-state index is 0.124. The third-order valence-corrected chi connectivity index (χ3v) is 3.87. The van der Waals surface area contributed by atoms with E-state index in [1.54, 1.807) is 10.6 Å². The van der Waals surface area contributed by atoms with Gasteiger partial charge in [0.1, 0.15) is 11.3 Å². The molecule has 0 spiro atoms. The van der Waals surface area contributed by atoms with Gasteiger partial charge < -0.3 is 5.32 Å². The van der Waals surface area contributed by atoms with Crippen LogP contribution in [0.15, 0.2) is 16.9 Å². The Morgan fingerprint density at radius 2 is 2.32 bits per heavy atom. The Balaban J connectivity index is 2.37. The first-order chi connectivity index (χ1) is 8.99. The standard InChI is InChI=1S/C13H13BrFN3O/c1-6-5-18-12(16-6)9-4-3-8(7(2)14)10(15)11(9)17-13(18)19/h3-4,6-7,16H,5H2,1-2H3/t6-,7?/m1/s1. The van der Waals surface area contributed by atoms with Crippen LogP contribution >= 0.6 is 15.9 Å². The first-order valence-corrected chi connectivity index (χ1v) is 7.04. The molecule has 1 unspecified atom stereocenters. The van der Waals surface area contributed by atoms with Crippen LogP contribution in [0.25, 0.3) is 10.9 Å². The zero-order chi connectivity index (χ0) is 13.7. The van der Waals surface area contributed by atoms with Crippen molar-refractivity contribution in [1.82, 2.24) is 9.55 Å². The number of halogens is 2. The molecule has 0 amide bonds. The Morgan fingerprint density at radius 1 is 1.58 bits per heavy atom. The lowest BCUT2D eigenvalue weighted by Crippen LogP contribution is -2.22. The molecular formula is C13H13BrFN3O. The molecule has 1 aromatic carbocycles. The number of hydrogen-bond acceptors (Lipinski definition) is 3. The molecule has 3 rings (SSSR count). The molecule has 0 aliphatic carbocycles. The van der Waals surface area contributed by atoms with Crippen molar-refractivity contribution >= 4 is 32.7 Å². The van der Waals surface area contributed by atoms with Crippen LogP contribution < -0.4 is 11.0 Å². The second-order valence-corrected chi connectivity index (χ2v) is 6.25. The van der Waals surface area contributed by atoms with E-state index < -0.39 is 11.5 Å². The summed E-state index contributed by atoms with van der Waals surface area (Å²) in [6, 6.07) is 3.70. The number of hydrogen-bond donors (Lipinski definition) is 1. The number of benzene rings is 1. The Morgan fingerprint density at radius 3 is 3.00 bits per heavy atom. The molecule has 0 saturated carbocycles. The normalized spacial score (nSPS) is 19.3. The van der Waals surface area contributed by atoms with Gasteiger partial charge in [-0.1, -0.05) is 22.0 Å². The van der Waals surface area contributed by atoms with Gasteiger partial charge in [-0.3, -0.25) is 4.57 Å². The highest BCUT2D eigenvalue weighted by Crippen LogP contribution is 2.32. The lowest BCUT2D eigenvalue weighted by molar-refractivity contribution is 0.617. The van der Waals surface area contributed by atoms with Crippen molar-refractivity contribution in [1.29, 1.82) is 0 Å². The van der Waals surface area contributed by atoms with E-state index in [4.69, 9.17) is 0 Å². The molecule has 0 bridgehead atoms. The number of fused-ring (bicyclic) bond motifs is 3. The Labute approximate surface area is 117 Å². The molecule has 0 saturated heterocycles. The van der Waals surface area contributed by atoms with Gasteiger partial charge in [-0.2, -0.15) is 4.98 Å². The largest absolute Gasteiger partial charge is 0.367 e. The van der Waals surface area contributed by atoms with E-state index in [1.165, 1.54) is 0 Å². The Kier molecular flexibility index (Phi) is 2.85. The minimum Gasteiger partial charge on any atom is -0.367 e. The smallest absolute Gasteiger partial charge is 0.349 e. The van der Waals surface area contributed by atoms with Gasteiger partial charge in [0.15, 0.2) is 5.82 Å². The number of aromatic nitrogens is 2. The first kappa shape index (κ1) is 12.6. The summed E-state index contributed by atoms with van der Waals surface area (Å²) in [4.78, 5) is 15.7. The highest BCUT2D eigenvalue weighted by atomic mass is 79.9. The maximum absolute atomic E-state index is 14.4. The third-order valence-electron chi connectivity index (χ3n) is 3.38. The molecular weight excluding hydrogens is 313 g/mol. The summed E-state index contributed by atoms with van der Waals surface area (Å²) >= 11 is 3.34. The van der Waals surface area contributed by atoms with Crippen molar-refractivity contribution in [3.8, 4) is 0 Å². The fourth-order valence-corrected chi connectivity index (χ4v) is 2.82. The molecule has 2 aromatic rings. The topological polar surface area (TPSA) is 46.9 Å². The molecule has 1 aliphatic heterocycles. The fourth-order valence-electron chi connectivity index (χ4n) is 2.46. The van der Waals surface area contributed by atoms with Crippen molar-refractivity contribution in [3.05, 3.63) is 34.0 Å². The molecule has 1 N–H and O–H groups in total. The van der Waals surface area contributed by atoms with Gasteiger partial charge in [0.05, 0.1) is 0 Å². The van der Waals surface area contributed by atoms with Gasteiger partial charge in [0.2, 0.25) is 0 Å². The molecule has 1 aromatic heterocycles. The third kappa shape index (κ3) is 1.85. The maximum Gasteiger partial charge on any atom is 0.349 e. The van der Waals surface area contributed by atoms with Crippen LogP contribution in [-0.4, -0.2) is 15.6 Å².